The minimum absolute atomic E-state index is 0.396. The normalized spacial score (nSPS) is 12.5. The highest BCUT2D eigenvalue weighted by atomic mass is 16.5. The third-order valence-corrected chi connectivity index (χ3v) is 2.97. The van der Waals surface area contributed by atoms with Crippen molar-refractivity contribution in [2.75, 3.05) is 7.11 Å². The fraction of sp³-hybridized carbons (Fsp3) is 0.385. The molecule has 1 atom stereocenters. The van der Waals surface area contributed by atoms with Gasteiger partial charge in [0, 0.05) is 0 Å². The second-order valence-electron chi connectivity index (χ2n) is 4.37. The van der Waals surface area contributed by atoms with E-state index in [9.17, 15) is 9.59 Å². The minimum atomic E-state index is -0.584. The van der Waals surface area contributed by atoms with Gasteiger partial charge in [-0.15, -0.1) is 0 Å². The van der Waals surface area contributed by atoms with Gasteiger partial charge in [0.15, 0.2) is 5.58 Å². The predicted molar refractivity (Wildman–Crippen MR) is 69.8 cm³/mol. The van der Waals surface area contributed by atoms with Crippen LogP contribution in [0.15, 0.2) is 27.4 Å². The summed E-state index contributed by atoms with van der Waals surface area (Å²) in [4.78, 5) is 24.7. The molecular weight excluding hydrogens is 248 g/mol. The van der Waals surface area contributed by atoms with Gasteiger partial charge >= 0.3 is 11.7 Å². The lowest BCUT2D eigenvalue weighted by Crippen LogP contribution is -2.31. The van der Waals surface area contributed by atoms with Crippen molar-refractivity contribution in [2.24, 2.45) is 5.73 Å². The van der Waals surface area contributed by atoms with Crippen LogP contribution in [0.3, 0.4) is 0 Å². The number of hydrogen-bond acceptors (Lipinski definition) is 5. The molecule has 0 aliphatic rings. The fourth-order valence-corrected chi connectivity index (χ4v) is 1.94. The first-order chi connectivity index (χ1) is 9.10. The van der Waals surface area contributed by atoms with Gasteiger partial charge in [-0.25, -0.2) is 4.79 Å². The van der Waals surface area contributed by atoms with Crippen molar-refractivity contribution in [3.05, 3.63) is 34.3 Å². The van der Waals surface area contributed by atoms with E-state index in [0.29, 0.717) is 17.5 Å². The number of nitrogens with one attached hydrogen (secondary N) is 1. The van der Waals surface area contributed by atoms with Crippen molar-refractivity contribution in [2.45, 2.75) is 25.3 Å². The van der Waals surface area contributed by atoms with Gasteiger partial charge in [0.05, 0.1) is 12.6 Å². The maximum absolute atomic E-state index is 11.1. The number of aromatic amines is 1. The zero-order valence-electron chi connectivity index (χ0n) is 10.6. The Hall–Kier alpha value is -2.08. The second-order valence-corrected chi connectivity index (χ2v) is 4.37. The largest absolute Gasteiger partial charge is 0.468 e. The SMILES string of the molecule is COC(=O)C(N)CCCc1ccc2[nH]c(=O)oc2c1. The smallest absolute Gasteiger partial charge is 0.417 e. The molecule has 0 saturated carbocycles. The first kappa shape index (κ1) is 13.4. The van der Waals surface area contributed by atoms with E-state index in [-0.39, 0.29) is 0 Å². The number of fused-ring (bicyclic) bond motifs is 1. The van der Waals surface area contributed by atoms with Gasteiger partial charge in [-0.05, 0) is 37.0 Å². The predicted octanol–water partition coefficient (Wildman–Crippen LogP) is 0.944. The van der Waals surface area contributed by atoms with E-state index in [0.717, 1.165) is 18.4 Å². The summed E-state index contributed by atoms with van der Waals surface area (Å²) in [6, 6.07) is 4.95. The number of aryl methyl sites for hydroxylation is 1. The summed E-state index contributed by atoms with van der Waals surface area (Å²) in [6.45, 7) is 0. The third kappa shape index (κ3) is 3.23. The summed E-state index contributed by atoms with van der Waals surface area (Å²) in [7, 11) is 1.32. The molecular formula is C13H16N2O4. The highest BCUT2D eigenvalue weighted by Crippen LogP contribution is 2.14. The number of hydrogen-bond donors (Lipinski definition) is 2. The summed E-state index contributed by atoms with van der Waals surface area (Å²) in [5.74, 6) is -0.855. The Bertz CT molecular complexity index is 629. The summed E-state index contributed by atoms with van der Waals surface area (Å²) in [5, 5.41) is 0. The summed E-state index contributed by atoms with van der Waals surface area (Å²) >= 11 is 0. The molecule has 0 aliphatic carbocycles. The standard InChI is InChI=1S/C13H16N2O4/c1-18-12(16)9(14)4-2-3-8-5-6-10-11(7-8)19-13(17)15-10/h5-7,9H,2-4,14H2,1H3,(H,15,17). The van der Waals surface area contributed by atoms with Gasteiger partial charge in [0.2, 0.25) is 0 Å². The zero-order chi connectivity index (χ0) is 13.8. The number of carbonyl (C=O) groups excluding carboxylic acids is 1. The van der Waals surface area contributed by atoms with E-state index in [1.54, 1.807) is 6.07 Å². The van der Waals surface area contributed by atoms with Crippen LogP contribution in [0.4, 0.5) is 0 Å². The summed E-state index contributed by atoms with van der Waals surface area (Å²) in [5.41, 5.74) is 7.90. The maximum Gasteiger partial charge on any atom is 0.417 e. The molecule has 0 saturated heterocycles. The Balaban J connectivity index is 1.94. The Morgan fingerprint density at radius 3 is 3.05 bits per heavy atom. The van der Waals surface area contributed by atoms with Gasteiger partial charge in [0.1, 0.15) is 6.04 Å². The van der Waals surface area contributed by atoms with Crippen molar-refractivity contribution in [3.63, 3.8) is 0 Å². The topological polar surface area (TPSA) is 98.3 Å². The highest BCUT2D eigenvalue weighted by Gasteiger charge is 2.12. The molecule has 6 heteroatoms. The average Bonchev–Trinajstić information content (AvgIpc) is 2.77. The lowest BCUT2D eigenvalue weighted by molar-refractivity contribution is -0.142. The molecule has 0 spiro atoms. The molecule has 0 aliphatic heterocycles. The number of esters is 1. The van der Waals surface area contributed by atoms with Crippen LogP contribution in [0.5, 0.6) is 0 Å². The Morgan fingerprint density at radius 2 is 2.32 bits per heavy atom. The van der Waals surface area contributed by atoms with Crippen LogP contribution in [0, 0.1) is 0 Å². The molecule has 1 unspecified atom stereocenters. The number of methoxy groups -OCH3 is 1. The molecule has 1 aromatic heterocycles. The molecule has 102 valence electrons. The van der Waals surface area contributed by atoms with Crippen LogP contribution < -0.4 is 11.5 Å². The van der Waals surface area contributed by atoms with Crippen molar-refractivity contribution < 1.29 is 13.9 Å². The molecule has 2 rings (SSSR count). The van der Waals surface area contributed by atoms with Crippen LogP contribution in [0.2, 0.25) is 0 Å². The minimum Gasteiger partial charge on any atom is -0.468 e. The average molecular weight is 264 g/mol. The van der Waals surface area contributed by atoms with Crippen LogP contribution in [-0.2, 0) is 16.0 Å². The number of benzene rings is 1. The number of rotatable bonds is 5. The maximum atomic E-state index is 11.1. The highest BCUT2D eigenvalue weighted by molar-refractivity contribution is 5.75. The van der Waals surface area contributed by atoms with Gasteiger partial charge in [-0.3, -0.25) is 9.78 Å². The number of H-pyrrole nitrogens is 1. The molecule has 6 nitrogen and oxygen atoms in total. The summed E-state index contributed by atoms with van der Waals surface area (Å²) in [6.07, 6.45) is 2.08. The number of carbonyl (C=O) groups is 1. The molecule has 0 bridgehead atoms. The van der Waals surface area contributed by atoms with E-state index in [4.69, 9.17) is 10.2 Å². The molecule has 3 N–H and O–H groups in total. The molecule has 1 aromatic carbocycles. The lowest BCUT2D eigenvalue weighted by Gasteiger charge is -2.08. The monoisotopic (exact) mass is 264 g/mol. The van der Waals surface area contributed by atoms with Crippen molar-refractivity contribution >= 4 is 17.1 Å². The van der Waals surface area contributed by atoms with Crippen LogP contribution >= 0.6 is 0 Å². The number of aromatic nitrogens is 1. The molecule has 2 aromatic rings. The van der Waals surface area contributed by atoms with Crippen molar-refractivity contribution in [1.29, 1.82) is 0 Å². The molecule has 19 heavy (non-hydrogen) atoms. The quantitative estimate of drug-likeness (QED) is 0.783. The van der Waals surface area contributed by atoms with E-state index < -0.39 is 17.8 Å². The number of ether oxygens (including phenoxy) is 1. The van der Waals surface area contributed by atoms with E-state index in [1.807, 2.05) is 12.1 Å². The molecule has 0 fully saturated rings. The number of oxazole rings is 1. The van der Waals surface area contributed by atoms with Gasteiger partial charge in [-0.2, -0.15) is 0 Å². The Labute approximate surface area is 109 Å². The Kier molecular flexibility index (Phi) is 4.01. The first-order valence-corrected chi connectivity index (χ1v) is 6.05. The van der Waals surface area contributed by atoms with Gasteiger partial charge in [-0.1, -0.05) is 6.07 Å². The van der Waals surface area contributed by atoms with E-state index in [2.05, 4.69) is 9.72 Å². The van der Waals surface area contributed by atoms with Crippen molar-refractivity contribution in [1.82, 2.24) is 4.98 Å². The first-order valence-electron chi connectivity index (χ1n) is 6.05. The molecule has 0 amide bonds. The second kappa shape index (κ2) is 5.71. The number of nitrogens with two attached hydrogens (primary N) is 1. The van der Waals surface area contributed by atoms with E-state index in [1.165, 1.54) is 7.11 Å². The lowest BCUT2D eigenvalue weighted by atomic mass is 10.0. The van der Waals surface area contributed by atoms with Gasteiger partial charge in [0.25, 0.3) is 0 Å². The molecule has 1 heterocycles. The van der Waals surface area contributed by atoms with Crippen molar-refractivity contribution in [3.8, 4) is 0 Å². The summed E-state index contributed by atoms with van der Waals surface area (Å²) < 4.78 is 9.54. The van der Waals surface area contributed by atoms with Crippen LogP contribution in [-0.4, -0.2) is 24.1 Å². The van der Waals surface area contributed by atoms with Crippen LogP contribution in [0.25, 0.3) is 11.1 Å². The van der Waals surface area contributed by atoms with Gasteiger partial charge < -0.3 is 14.9 Å². The van der Waals surface area contributed by atoms with E-state index >= 15 is 0 Å². The zero-order valence-corrected chi connectivity index (χ0v) is 10.6. The molecule has 0 radical (unpaired) electrons. The Morgan fingerprint density at radius 1 is 1.53 bits per heavy atom. The van der Waals surface area contributed by atoms with Crippen LogP contribution in [0.1, 0.15) is 18.4 Å². The third-order valence-electron chi connectivity index (χ3n) is 2.97. The fourth-order valence-electron chi connectivity index (χ4n) is 1.94.